The van der Waals surface area contributed by atoms with Crippen LogP contribution in [-0.2, 0) is 0 Å². The van der Waals surface area contributed by atoms with Gasteiger partial charge in [-0.15, -0.1) is 10.2 Å². The maximum Gasteiger partial charge on any atom is 0.260 e. The van der Waals surface area contributed by atoms with Gasteiger partial charge in [0.15, 0.2) is 0 Å². The van der Waals surface area contributed by atoms with Crippen LogP contribution in [0.25, 0.3) is 10.4 Å². The van der Waals surface area contributed by atoms with Gasteiger partial charge in [0, 0.05) is 16.0 Å². The minimum atomic E-state index is 0.00694. The topological polar surface area (TPSA) is 185 Å². The zero-order chi connectivity index (χ0) is 17.8. The lowest BCUT2D eigenvalue weighted by Crippen LogP contribution is -2.58. The fraction of sp³-hybridized carbons (Fsp3) is 0.818. The van der Waals surface area contributed by atoms with Crippen molar-refractivity contribution in [2.75, 3.05) is 5.73 Å². The lowest BCUT2D eigenvalue weighted by Gasteiger charge is -2.46. The Morgan fingerprint density at radius 2 is 1.92 bits per heavy atom. The molecule has 13 nitrogen and oxygen atoms in total. The van der Waals surface area contributed by atoms with Gasteiger partial charge in [-0.1, -0.05) is 5.10 Å². The summed E-state index contributed by atoms with van der Waals surface area (Å²) in [7, 11) is 0. The summed E-state index contributed by atoms with van der Waals surface area (Å²) in [6.45, 7) is 8.78. The van der Waals surface area contributed by atoms with E-state index in [0.717, 1.165) is 12.8 Å². The number of aromatic nitrogens is 8. The highest BCUT2D eigenvalue weighted by Gasteiger charge is 2.39. The molecular formula is C11H21N13. The normalized spacial score (nSPS) is 19.0. The molecule has 0 spiro atoms. The third-order valence-corrected chi connectivity index (χ3v) is 3.50. The van der Waals surface area contributed by atoms with Crippen LogP contribution in [0.4, 0.5) is 11.9 Å². The van der Waals surface area contributed by atoms with Gasteiger partial charge in [-0.25, -0.2) is 4.68 Å². The SMILES string of the molecule is CC1(C)CC(n2nnnc2N)CC(C)(C)N1.[N-]=[N+]=Nc1nn[nH]n1. The fourth-order valence-electron chi connectivity index (χ4n) is 3.14. The molecule has 13 heteroatoms. The van der Waals surface area contributed by atoms with Crippen LogP contribution >= 0.6 is 0 Å². The van der Waals surface area contributed by atoms with Gasteiger partial charge in [-0.05, 0) is 66.8 Å². The second kappa shape index (κ2) is 6.76. The van der Waals surface area contributed by atoms with Crippen molar-refractivity contribution in [3.63, 3.8) is 0 Å². The van der Waals surface area contributed by atoms with Crippen molar-refractivity contribution in [2.45, 2.75) is 57.7 Å². The average molecular weight is 335 g/mol. The molecule has 130 valence electrons. The van der Waals surface area contributed by atoms with Crippen LogP contribution in [0.2, 0.25) is 0 Å². The zero-order valence-electron chi connectivity index (χ0n) is 14.0. The van der Waals surface area contributed by atoms with Crippen LogP contribution in [-0.4, -0.2) is 51.9 Å². The Bertz CT molecular complexity index is 677. The van der Waals surface area contributed by atoms with E-state index in [0.29, 0.717) is 5.95 Å². The van der Waals surface area contributed by atoms with Crippen LogP contribution in [0, 0.1) is 0 Å². The summed E-state index contributed by atoms with van der Waals surface area (Å²) in [6, 6.07) is 0.265. The molecule has 1 fully saturated rings. The molecule has 0 unspecified atom stereocenters. The van der Waals surface area contributed by atoms with Crippen LogP contribution in [0.1, 0.15) is 46.6 Å². The summed E-state index contributed by atoms with van der Waals surface area (Å²) in [5, 5.41) is 29.9. The largest absolute Gasteiger partial charge is 0.367 e. The van der Waals surface area contributed by atoms with Gasteiger partial charge in [0.1, 0.15) is 0 Å². The van der Waals surface area contributed by atoms with E-state index >= 15 is 0 Å². The van der Waals surface area contributed by atoms with E-state index in [1.807, 2.05) is 0 Å². The lowest BCUT2D eigenvalue weighted by atomic mass is 9.80. The summed E-state index contributed by atoms with van der Waals surface area (Å²) in [4.78, 5) is 2.42. The Morgan fingerprint density at radius 3 is 2.38 bits per heavy atom. The Hall–Kier alpha value is -2.79. The maximum absolute atomic E-state index is 7.77. The zero-order valence-corrected chi connectivity index (χ0v) is 14.0. The first-order valence-electron chi connectivity index (χ1n) is 7.34. The summed E-state index contributed by atoms with van der Waals surface area (Å²) < 4.78 is 1.74. The molecule has 1 saturated heterocycles. The Kier molecular flexibility index (Phi) is 4.95. The number of nitrogens with zero attached hydrogens (tertiary/aromatic N) is 10. The molecule has 2 aromatic rings. The van der Waals surface area contributed by atoms with Crippen molar-refractivity contribution in [2.24, 2.45) is 5.11 Å². The number of azide groups is 1. The highest BCUT2D eigenvalue weighted by atomic mass is 15.6. The second-order valence-electron chi connectivity index (χ2n) is 6.84. The van der Waals surface area contributed by atoms with Gasteiger partial charge in [0.05, 0.1) is 6.04 Å². The quantitative estimate of drug-likeness (QED) is 0.410. The molecule has 1 aliphatic heterocycles. The number of hydrogen-bond donors (Lipinski definition) is 3. The van der Waals surface area contributed by atoms with Crippen molar-refractivity contribution in [1.29, 1.82) is 0 Å². The molecule has 3 heterocycles. The molecule has 0 amide bonds. The van der Waals surface area contributed by atoms with Crippen molar-refractivity contribution in [1.82, 2.24) is 46.1 Å². The van der Waals surface area contributed by atoms with E-state index in [4.69, 9.17) is 11.3 Å². The van der Waals surface area contributed by atoms with Gasteiger partial charge >= 0.3 is 0 Å². The van der Waals surface area contributed by atoms with E-state index in [-0.39, 0.29) is 23.1 Å². The molecule has 2 aromatic heterocycles. The van der Waals surface area contributed by atoms with E-state index in [1.165, 1.54) is 0 Å². The van der Waals surface area contributed by atoms with Crippen LogP contribution in [0.3, 0.4) is 0 Å². The number of aromatic amines is 1. The number of nitrogen functional groups attached to an aromatic ring is 1. The third kappa shape index (κ3) is 4.60. The third-order valence-electron chi connectivity index (χ3n) is 3.50. The number of rotatable bonds is 2. The first-order chi connectivity index (χ1) is 11.2. The van der Waals surface area contributed by atoms with Crippen LogP contribution in [0.15, 0.2) is 5.11 Å². The smallest absolute Gasteiger partial charge is 0.260 e. The fourth-order valence-corrected chi connectivity index (χ4v) is 3.14. The molecule has 0 atom stereocenters. The van der Waals surface area contributed by atoms with E-state index in [2.05, 4.69) is 79.2 Å². The van der Waals surface area contributed by atoms with Crippen LogP contribution in [0.5, 0.6) is 0 Å². The molecule has 0 bridgehead atoms. The second-order valence-corrected chi connectivity index (χ2v) is 6.84. The number of anilines is 1. The summed E-state index contributed by atoms with van der Waals surface area (Å²) in [5.74, 6) is 0.408. The monoisotopic (exact) mass is 335 g/mol. The van der Waals surface area contributed by atoms with Crippen LogP contribution < -0.4 is 11.1 Å². The Labute approximate surface area is 138 Å². The molecule has 0 radical (unpaired) electrons. The van der Waals surface area contributed by atoms with E-state index in [9.17, 15) is 0 Å². The number of hydrogen-bond acceptors (Lipinski definition) is 9. The number of H-pyrrole nitrogens is 1. The lowest BCUT2D eigenvalue weighted by molar-refractivity contribution is 0.126. The molecule has 1 aliphatic rings. The summed E-state index contributed by atoms with van der Waals surface area (Å²) in [6.07, 6.45) is 1.96. The average Bonchev–Trinajstić information content (AvgIpc) is 3.08. The first-order valence-corrected chi connectivity index (χ1v) is 7.34. The van der Waals surface area contributed by atoms with E-state index in [1.54, 1.807) is 4.68 Å². The molecular weight excluding hydrogens is 314 g/mol. The minimum absolute atomic E-state index is 0.00694. The number of piperidine rings is 1. The van der Waals surface area contributed by atoms with Gasteiger partial charge < -0.3 is 11.1 Å². The number of tetrazole rings is 2. The van der Waals surface area contributed by atoms with Crippen molar-refractivity contribution in [3.05, 3.63) is 10.4 Å². The Morgan fingerprint density at radius 1 is 1.25 bits per heavy atom. The molecule has 0 aromatic carbocycles. The van der Waals surface area contributed by atoms with Crippen molar-refractivity contribution >= 4 is 11.9 Å². The van der Waals surface area contributed by atoms with Gasteiger partial charge in [0.25, 0.3) is 5.95 Å². The molecule has 24 heavy (non-hydrogen) atoms. The Balaban J connectivity index is 0.000000219. The molecule has 4 N–H and O–H groups in total. The number of nitrogens with two attached hydrogens (primary N) is 1. The predicted octanol–water partition coefficient (Wildman–Crippen LogP) is 0.878. The highest BCUT2D eigenvalue weighted by Crippen LogP contribution is 2.35. The predicted molar refractivity (Wildman–Crippen MR) is 84.8 cm³/mol. The summed E-state index contributed by atoms with van der Waals surface area (Å²) >= 11 is 0. The number of nitrogens with one attached hydrogen (secondary N) is 2. The van der Waals surface area contributed by atoms with Crippen molar-refractivity contribution < 1.29 is 0 Å². The molecule has 3 rings (SSSR count). The standard InChI is InChI=1S/C10H20N6.CHN7/c1-9(2)5-7(6-10(3,4)13-9)16-8(11)12-14-15-16;2-6-3-1-4-7-8-5-1/h7,13H,5-6H2,1-4H3,(H2,11,12,15);(H,4,5,7,8). The van der Waals surface area contributed by atoms with Gasteiger partial charge in [0.2, 0.25) is 5.95 Å². The highest BCUT2D eigenvalue weighted by molar-refractivity contribution is 5.13. The van der Waals surface area contributed by atoms with Gasteiger partial charge in [-0.3, -0.25) is 0 Å². The minimum Gasteiger partial charge on any atom is -0.367 e. The van der Waals surface area contributed by atoms with Crippen molar-refractivity contribution in [3.8, 4) is 0 Å². The first kappa shape index (κ1) is 17.6. The maximum atomic E-state index is 7.77. The van der Waals surface area contributed by atoms with Gasteiger partial charge in [-0.2, -0.15) is 5.21 Å². The van der Waals surface area contributed by atoms with E-state index < -0.39 is 0 Å². The molecule has 0 aliphatic carbocycles. The summed E-state index contributed by atoms with van der Waals surface area (Å²) in [5.41, 5.74) is 13.7. The molecule has 0 saturated carbocycles.